The number of ether oxygens (including phenoxy) is 2. The highest BCUT2D eigenvalue weighted by atomic mass is 16.5. The molecule has 0 aliphatic heterocycles. The summed E-state index contributed by atoms with van der Waals surface area (Å²) in [7, 11) is 1.32. The number of rotatable bonds is 6. The van der Waals surface area contributed by atoms with E-state index in [4.69, 9.17) is 4.74 Å². The van der Waals surface area contributed by atoms with Gasteiger partial charge in [-0.05, 0) is 19.1 Å². The Kier molecular flexibility index (Phi) is 5.79. The third-order valence-electron chi connectivity index (χ3n) is 2.13. The molecule has 0 unspecified atom stereocenters. The SMILES string of the molecule is CCOC(=O)CNCc1ccc(C(=O)OC)cn1. The maximum atomic E-state index is 11.2. The first-order chi connectivity index (χ1) is 8.67. The van der Waals surface area contributed by atoms with Crippen LogP contribution in [-0.4, -0.2) is 37.2 Å². The van der Waals surface area contributed by atoms with Crippen molar-refractivity contribution in [3.05, 3.63) is 29.6 Å². The van der Waals surface area contributed by atoms with Gasteiger partial charge in [0.25, 0.3) is 0 Å². The Morgan fingerprint density at radius 2 is 2.17 bits per heavy atom. The first kappa shape index (κ1) is 14.1. The molecule has 6 heteroatoms. The van der Waals surface area contributed by atoms with Gasteiger partial charge in [-0.25, -0.2) is 4.79 Å². The Labute approximate surface area is 105 Å². The van der Waals surface area contributed by atoms with Gasteiger partial charge < -0.3 is 14.8 Å². The molecule has 1 aromatic heterocycles. The van der Waals surface area contributed by atoms with E-state index in [1.165, 1.54) is 13.3 Å². The monoisotopic (exact) mass is 252 g/mol. The van der Waals surface area contributed by atoms with Gasteiger partial charge >= 0.3 is 11.9 Å². The van der Waals surface area contributed by atoms with Crippen LogP contribution in [-0.2, 0) is 20.8 Å². The fourth-order valence-corrected chi connectivity index (χ4v) is 1.27. The first-order valence-electron chi connectivity index (χ1n) is 5.57. The van der Waals surface area contributed by atoms with E-state index in [2.05, 4.69) is 15.0 Å². The molecule has 0 saturated heterocycles. The molecule has 1 heterocycles. The van der Waals surface area contributed by atoms with Crippen molar-refractivity contribution in [3.63, 3.8) is 0 Å². The molecule has 0 aliphatic carbocycles. The van der Waals surface area contributed by atoms with Crippen LogP contribution in [0, 0.1) is 0 Å². The summed E-state index contributed by atoms with van der Waals surface area (Å²) in [6.07, 6.45) is 1.44. The Morgan fingerprint density at radius 1 is 1.39 bits per heavy atom. The predicted octanol–water partition coefficient (Wildman–Crippen LogP) is 0.521. The molecule has 0 saturated carbocycles. The standard InChI is InChI=1S/C12H16N2O4/c1-3-18-11(15)8-13-7-10-5-4-9(6-14-10)12(16)17-2/h4-6,13H,3,7-8H2,1-2H3. The third kappa shape index (κ3) is 4.50. The second-order valence-corrected chi connectivity index (χ2v) is 3.44. The second-order valence-electron chi connectivity index (χ2n) is 3.44. The van der Waals surface area contributed by atoms with Crippen LogP contribution in [0.25, 0.3) is 0 Å². The predicted molar refractivity (Wildman–Crippen MR) is 63.9 cm³/mol. The van der Waals surface area contributed by atoms with Gasteiger partial charge in [0.1, 0.15) is 0 Å². The molecule has 0 spiro atoms. The molecular formula is C12H16N2O4. The van der Waals surface area contributed by atoms with E-state index >= 15 is 0 Å². The quantitative estimate of drug-likeness (QED) is 0.744. The van der Waals surface area contributed by atoms with Crippen molar-refractivity contribution in [2.75, 3.05) is 20.3 Å². The van der Waals surface area contributed by atoms with Gasteiger partial charge in [-0.3, -0.25) is 9.78 Å². The van der Waals surface area contributed by atoms with E-state index in [1.807, 2.05) is 0 Å². The summed E-state index contributed by atoms with van der Waals surface area (Å²) in [5.41, 5.74) is 1.12. The van der Waals surface area contributed by atoms with Crippen molar-refractivity contribution < 1.29 is 19.1 Å². The zero-order chi connectivity index (χ0) is 13.4. The van der Waals surface area contributed by atoms with Crippen LogP contribution in [0.15, 0.2) is 18.3 Å². The van der Waals surface area contributed by atoms with Gasteiger partial charge in [-0.1, -0.05) is 0 Å². The van der Waals surface area contributed by atoms with Crippen LogP contribution in [0.5, 0.6) is 0 Å². The number of methoxy groups -OCH3 is 1. The number of carbonyl (C=O) groups is 2. The van der Waals surface area contributed by atoms with Gasteiger partial charge in [-0.2, -0.15) is 0 Å². The average Bonchev–Trinajstić information content (AvgIpc) is 2.39. The lowest BCUT2D eigenvalue weighted by molar-refractivity contribution is -0.142. The largest absolute Gasteiger partial charge is 0.465 e. The molecule has 1 N–H and O–H groups in total. The Bertz CT molecular complexity index is 403. The number of hydrogen-bond acceptors (Lipinski definition) is 6. The van der Waals surface area contributed by atoms with E-state index in [1.54, 1.807) is 19.1 Å². The van der Waals surface area contributed by atoms with Crippen LogP contribution >= 0.6 is 0 Å². The van der Waals surface area contributed by atoms with Gasteiger partial charge in [0.2, 0.25) is 0 Å². The summed E-state index contributed by atoms with van der Waals surface area (Å²) < 4.78 is 9.32. The number of hydrogen-bond donors (Lipinski definition) is 1. The molecule has 0 amide bonds. The van der Waals surface area contributed by atoms with E-state index in [0.29, 0.717) is 18.7 Å². The number of nitrogens with zero attached hydrogens (tertiary/aromatic N) is 1. The topological polar surface area (TPSA) is 77.5 Å². The zero-order valence-electron chi connectivity index (χ0n) is 10.4. The summed E-state index contributed by atoms with van der Waals surface area (Å²) in [6.45, 7) is 2.69. The van der Waals surface area contributed by atoms with Crippen LogP contribution in [0.1, 0.15) is 23.0 Å². The summed E-state index contributed by atoms with van der Waals surface area (Å²) in [6, 6.07) is 3.32. The molecule has 0 aromatic carbocycles. The first-order valence-corrected chi connectivity index (χ1v) is 5.57. The fraction of sp³-hybridized carbons (Fsp3) is 0.417. The van der Waals surface area contributed by atoms with Crippen molar-refractivity contribution in [2.24, 2.45) is 0 Å². The summed E-state index contributed by atoms with van der Waals surface area (Å²) in [5.74, 6) is -0.725. The third-order valence-corrected chi connectivity index (χ3v) is 2.13. The highest BCUT2D eigenvalue weighted by molar-refractivity contribution is 5.88. The Hall–Kier alpha value is -1.95. The lowest BCUT2D eigenvalue weighted by Gasteiger charge is -2.04. The molecule has 1 aromatic rings. The molecule has 0 radical (unpaired) electrons. The van der Waals surface area contributed by atoms with E-state index in [0.717, 1.165) is 5.69 Å². The van der Waals surface area contributed by atoms with Crippen molar-refractivity contribution in [2.45, 2.75) is 13.5 Å². The molecule has 0 fully saturated rings. The fourth-order valence-electron chi connectivity index (χ4n) is 1.27. The van der Waals surface area contributed by atoms with Gasteiger partial charge in [0.05, 0.1) is 31.5 Å². The van der Waals surface area contributed by atoms with E-state index < -0.39 is 5.97 Å². The van der Waals surface area contributed by atoms with Crippen molar-refractivity contribution in [3.8, 4) is 0 Å². The second kappa shape index (κ2) is 7.39. The smallest absolute Gasteiger partial charge is 0.339 e. The van der Waals surface area contributed by atoms with E-state index in [9.17, 15) is 9.59 Å². The average molecular weight is 252 g/mol. The van der Waals surface area contributed by atoms with Crippen LogP contribution in [0.3, 0.4) is 0 Å². The highest BCUT2D eigenvalue weighted by Crippen LogP contribution is 2.01. The summed E-state index contributed by atoms with van der Waals surface area (Å²) in [4.78, 5) is 26.3. The minimum absolute atomic E-state index is 0.133. The van der Waals surface area contributed by atoms with Gasteiger partial charge in [0.15, 0.2) is 0 Å². The number of carbonyl (C=O) groups excluding carboxylic acids is 2. The lowest BCUT2D eigenvalue weighted by atomic mass is 10.2. The maximum absolute atomic E-state index is 11.2. The molecule has 98 valence electrons. The molecule has 1 rings (SSSR count). The number of nitrogens with one attached hydrogen (secondary N) is 1. The molecule has 18 heavy (non-hydrogen) atoms. The molecule has 0 atom stereocenters. The number of aromatic nitrogens is 1. The molecule has 0 aliphatic rings. The Morgan fingerprint density at radius 3 is 2.72 bits per heavy atom. The highest BCUT2D eigenvalue weighted by Gasteiger charge is 2.05. The molecule has 0 bridgehead atoms. The van der Waals surface area contributed by atoms with Crippen molar-refractivity contribution in [1.29, 1.82) is 0 Å². The van der Waals surface area contributed by atoms with E-state index in [-0.39, 0.29) is 12.5 Å². The normalized spacial score (nSPS) is 9.89. The van der Waals surface area contributed by atoms with Crippen molar-refractivity contribution in [1.82, 2.24) is 10.3 Å². The zero-order valence-corrected chi connectivity index (χ0v) is 10.4. The maximum Gasteiger partial charge on any atom is 0.339 e. The minimum Gasteiger partial charge on any atom is -0.465 e. The Balaban J connectivity index is 2.40. The number of esters is 2. The number of pyridine rings is 1. The lowest BCUT2D eigenvalue weighted by Crippen LogP contribution is -2.24. The summed E-state index contributed by atoms with van der Waals surface area (Å²) >= 11 is 0. The minimum atomic E-state index is -0.423. The van der Waals surface area contributed by atoms with Crippen LogP contribution in [0.4, 0.5) is 0 Å². The van der Waals surface area contributed by atoms with Crippen molar-refractivity contribution >= 4 is 11.9 Å². The molecular weight excluding hydrogens is 236 g/mol. The van der Waals surface area contributed by atoms with Gasteiger partial charge in [-0.15, -0.1) is 0 Å². The van der Waals surface area contributed by atoms with Crippen LogP contribution < -0.4 is 5.32 Å². The van der Waals surface area contributed by atoms with Gasteiger partial charge in [0, 0.05) is 12.7 Å². The molecule has 6 nitrogen and oxygen atoms in total. The van der Waals surface area contributed by atoms with Crippen LogP contribution in [0.2, 0.25) is 0 Å². The summed E-state index contributed by atoms with van der Waals surface area (Å²) in [5, 5.41) is 2.90.